The molecule has 0 saturated carbocycles. The fraction of sp³-hybridized carbons (Fsp3) is 0.500. The van der Waals surface area contributed by atoms with Gasteiger partial charge in [0.05, 0.1) is 12.8 Å². The number of carboxylic acid groups (broad SMARTS) is 2. The molecule has 0 spiro atoms. The molecule has 0 atom stereocenters. The predicted molar refractivity (Wildman–Crippen MR) is 42.9 cm³/mol. The van der Waals surface area contributed by atoms with E-state index in [9.17, 15) is 9.59 Å². The molecule has 0 saturated heterocycles. The molecule has 0 bridgehead atoms. The first-order valence-corrected chi connectivity index (χ1v) is 3.52. The van der Waals surface area contributed by atoms with Crippen molar-refractivity contribution in [2.75, 3.05) is 0 Å². The number of aliphatic carboxylic acids is 2. The molecule has 0 aliphatic heterocycles. The monoisotopic (exact) mass is 172 g/mol. The van der Waals surface area contributed by atoms with Crippen molar-refractivity contribution in [2.45, 2.75) is 26.7 Å². The summed E-state index contributed by atoms with van der Waals surface area (Å²) in [5.41, 5.74) is 1.23. The first-order valence-electron chi connectivity index (χ1n) is 3.52. The Bertz CT molecular complexity index is 203. The number of hydrogen-bond acceptors (Lipinski definition) is 2. The third-order valence-electron chi connectivity index (χ3n) is 1.56. The first kappa shape index (κ1) is 10.7. The highest BCUT2D eigenvalue weighted by molar-refractivity contribution is 5.72. The zero-order valence-corrected chi connectivity index (χ0v) is 7.13. The van der Waals surface area contributed by atoms with Crippen molar-refractivity contribution in [3.63, 3.8) is 0 Å². The summed E-state index contributed by atoms with van der Waals surface area (Å²) < 4.78 is 0. The first-order chi connectivity index (χ1) is 5.43. The van der Waals surface area contributed by atoms with Crippen LogP contribution in [-0.2, 0) is 9.59 Å². The van der Waals surface area contributed by atoms with E-state index in [0.29, 0.717) is 11.1 Å². The predicted octanol–water partition coefficient (Wildman–Crippen LogP) is 1.27. The van der Waals surface area contributed by atoms with Crippen LogP contribution in [0, 0.1) is 0 Å². The minimum Gasteiger partial charge on any atom is -0.481 e. The van der Waals surface area contributed by atoms with Gasteiger partial charge in [-0.3, -0.25) is 9.59 Å². The van der Waals surface area contributed by atoms with Gasteiger partial charge < -0.3 is 10.2 Å². The van der Waals surface area contributed by atoms with E-state index in [0.717, 1.165) is 0 Å². The minimum absolute atomic E-state index is 0.0842. The molecule has 0 amide bonds. The molecule has 68 valence electrons. The second kappa shape index (κ2) is 4.54. The molecule has 0 aromatic carbocycles. The van der Waals surface area contributed by atoms with Crippen LogP contribution in [0.2, 0.25) is 0 Å². The summed E-state index contributed by atoms with van der Waals surface area (Å²) in [7, 11) is 0. The Hall–Kier alpha value is -1.32. The Kier molecular flexibility index (Phi) is 4.04. The van der Waals surface area contributed by atoms with Gasteiger partial charge in [-0.15, -0.1) is 0 Å². The van der Waals surface area contributed by atoms with Crippen molar-refractivity contribution in [2.24, 2.45) is 0 Å². The molecule has 0 rings (SSSR count). The maximum atomic E-state index is 10.2. The summed E-state index contributed by atoms with van der Waals surface area (Å²) >= 11 is 0. The smallest absolute Gasteiger partial charge is 0.307 e. The van der Waals surface area contributed by atoms with Gasteiger partial charge in [0.25, 0.3) is 0 Å². The highest BCUT2D eigenvalue weighted by Crippen LogP contribution is 2.10. The highest BCUT2D eigenvalue weighted by Gasteiger charge is 2.05. The molecular formula is C8H12O4. The van der Waals surface area contributed by atoms with Crippen molar-refractivity contribution in [3.8, 4) is 0 Å². The lowest BCUT2D eigenvalue weighted by Crippen LogP contribution is -2.01. The number of carbonyl (C=O) groups is 2. The number of hydrogen-bond donors (Lipinski definition) is 2. The Balaban J connectivity index is 4.25. The second-order valence-corrected chi connectivity index (χ2v) is 2.70. The zero-order valence-electron chi connectivity index (χ0n) is 7.13. The Labute approximate surface area is 70.5 Å². The summed E-state index contributed by atoms with van der Waals surface area (Å²) in [6, 6.07) is 0. The molecule has 0 aromatic heterocycles. The van der Waals surface area contributed by atoms with Crippen molar-refractivity contribution in [1.29, 1.82) is 0 Å². The van der Waals surface area contributed by atoms with E-state index in [2.05, 4.69) is 0 Å². The van der Waals surface area contributed by atoms with Gasteiger partial charge in [0, 0.05) is 0 Å². The molecule has 0 aliphatic carbocycles. The zero-order chi connectivity index (χ0) is 9.72. The van der Waals surface area contributed by atoms with Gasteiger partial charge in [-0.25, -0.2) is 0 Å². The van der Waals surface area contributed by atoms with Crippen LogP contribution < -0.4 is 0 Å². The average Bonchev–Trinajstić information content (AvgIpc) is 1.84. The van der Waals surface area contributed by atoms with E-state index in [1.54, 1.807) is 13.8 Å². The van der Waals surface area contributed by atoms with Crippen LogP contribution in [-0.4, -0.2) is 22.2 Å². The van der Waals surface area contributed by atoms with E-state index < -0.39 is 11.9 Å². The van der Waals surface area contributed by atoms with Crippen molar-refractivity contribution in [3.05, 3.63) is 11.1 Å². The molecule has 0 unspecified atom stereocenters. The second-order valence-electron chi connectivity index (χ2n) is 2.70. The van der Waals surface area contributed by atoms with Crippen LogP contribution in [0.5, 0.6) is 0 Å². The molecule has 0 radical (unpaired) electrons. The summed E-state index contributed by atoms with van der Waals surface area (Å²) in [5, 5.41) is 16.8. The lowest BCUT2D eigenvalue weighted by molar-refractivity contribution is -0.137. The van der Waals surface area contributed by atoms with Crippen LogP contribution in [0.3, 0.4) is 0 Å². The lowest BCUT2D eigenvalue weighted by atomic mass is 10.1. The molecule has 0 heterocycles. The van der Waals surface area contributed by atoms with Crippen LogP contribution in [0.15, 0.2) is 11.1 Å². The van der Waals surface area contributed by atoms with Gasteiger partial charge in [0.1, 0.15) is 0 Å². The SMILES string of the molecule is C/C(CC(=O)O)=C(/C)CC(=O)O. The van der Waals surface area contributed by atoms with Gasteiger partial charge in [-0.05, 0) is 13.8 Å². The van der Waals surface area contributed by atoms with Gasteiger partial charge in [-0.1, -0.05) is 11.1 Å². The third kappa shape index (κ3) is 4.49. The van der Waals surface area contributed by atoms with Gasteiger partial charge in [0.15, 0.2) is 0 Å². The fourth-order valence-electron chi connectivity index (χ4n) is 0.755. The quantitative estimate of drug-likeness (QED) is 0.626. The summed E-state index contributed by atoms with van der Waals surface area (Å²) in [4.78, 5) is 20.4. The summed E-state index contributed by atoms with van der Waals surface area (Å²) in [6.07, 6.45) is -0.168. The van der Waals surface area contributed by atoms with E-state index in [4.69, 9.17) is 10.2 Å². The minimum atomic E-state index is -0.933. The number of carboxylic acids is 2. The third-order valence-corrected chi connectivity index (χ3v) is 1.56. The standard InChI is InChI=1S/C8H12O4/c1-5(3-7(9)10)6(2)4-8(11)12/h3-4H2,1-2H3,(H,9,10)(H,11,12)/b6-5+. The van der Waals surface area contributed by atoms with E-state index in [-0.39, 0.29) is 12.8 Å². The highest BCUT2D eigenvalue weighted by atomic mass is 16.4. The molecule has 12 heavy (non-hydrogen) atoms. The fourth-order valence-corrected chi connectivity index (χ4v) is 0.755. The van der Waals surface area contributed by atoms with Crippen molar-refractivity contribution >= 4 is 11.9 Å². The molecule has 0 aromatic rings. The molecular weight excluding hydrogens is 160 g/mol. The van der Waals surface area contributed by atoms with Crippen molar-refractivity contribution in [1.82, 2.24) is 0 Å². The van der Waals surface area contributed by atoms with E-state index >= 15 is 0 Å². The molecule has 0 fully saturated rings. The Morgan fingerprint density at radius 2 is 1.17 bits per heavy atom. The van der Waals surface area contributed by atoms with Crippen molar-refractivity contribution < 1.29 is 19.8 Å². The van der Waals surface area contributed by atoms with Crippen LogP contribution in [0.4, 0.5) is 0 Å². The summed E-state index contributed by atoms with van der Waals surface area (Å²) in [6.45, 7) is 3.26. The van der Waals surface area contributed by atoms with Gasteiger partial charge >= 0.3 is 11.9 Å². The lowest BCUT2D eigenvalue weighted by Gasteiger charge is -2.01. The number of rotatable bonds is 4. The normalized spacial score (nSPS) is 12.2. The van der Waals surface area contributed by atoms with E-state index in [1.807, 2.05) is 0 Å². The average molecular weight is 172 g/mol. The molecule has 2 N–H and O–H groups in total. The Morgan fingerprint density at radius 1 is 0.917 bits per heavy atom. The summed E-state index contributed by atoms with van der Waals surface area (Å²) in [5.74, 6) is -1.87. The van der Waals surface area contributed by atoms with Crippen LogP contribution in [0.25, 0.3) is 0 Å². The molecule has 0 aliphatic rings. The molecule has 4 heteroatoms. The molecule has 4 nitrogen and oxygen atoms in total. The largest absolute Gasteiger partial charge is 0.481 e. The van der Waals surface area contributed by atoms with Gasteiger partial charge in [0.2, 0.25) is 0 Å². The Morgan fingerprint density at radius 3 is 1.33 bits per heavy atom. The maximum Gasteiger partial charge on any atom is 0.307 e. The van der Waals surface area contributed by atoms with Crippen LogP contribution >= 0.6 is 0 Å². The topological polar surface area (TPSA) is 74.6 Å². The van der Waals surface area contributed by atoms with Crippen LogP contribution in [0.1, 0.15) is 26.7 Å². The van der Waals surface area contributed by atoms with E-state index in [1.165, 1.54) is 0 Å². The van der Waals surface area contributed by atoms with Gasteiger partial charge in [-0.2, -0.15) is 0 Å². The maximum absolute atomic E-state index is 10.2.